The van der Waals surface area contributed by atoms with Crippen LogP contribution in [0.4, 0.5) is 10.5 Å². The van der Waals surface area contributed by atoms with Gasteiger partial charge in [-0.1, -0.05) is 45.7 Å². The number of ether oxygens (including phenoxy) is 2. The molecule has 0 unspecified atom stereocenters. The molecule has 1 aliphatic heterocycles. The second kappa shape index (κ2) is 10.6. The fourth-order valence-corrected chi connectivity index (χ4v) is 4.03. The van der Waals surface area contributed by atoms with Gasteiger partial charge in [-0.15, -0.1) is 0 Å². The lowest BCUT2D eigenvalue weighted by molar-refractivity contribution is -0.113. The molecule has 1 saturated heterocycles. The van der Waals surface area contributed by atoms with Crippen LogP contribution in [0.2, 0.25) is 5.02 Å². The van der Waals surface area contributed by atoms with Crippen LogP contribution in [0.15, 0.2) is 70.8 Å². The molecule has 1 fully saturated rings. The van der Waals surface area contributed by atoms with Gasteiger partial charge >= 0.3 is 6.03 Å². The molecular weight excluding hydrogens is 534 g/mol. The van der Waals surface area contributed by atoms with Gasteiger partial charge in [-0.25, -0.2) is 9.69 Å². The number of amides is 3. The summed E-state index contributed by atoms with van der Waals surface area (Å²) in [7, 11) is 0. The molecule has 9 heteroatoms. The number of anilines is 1. The molecule has 3 aromatic carbocycles. The van der Waals surface area contributed by atoms with E-state index in [1.165, 1.54) is 0 Å². The number of carbonyl (C=O) groups excluding carboxylic acids is 2. The monoisotopic (exact) mass is 551 g/mol. The van der Waals surface area contributed by atoms with Gasteiger partial charge in [0.2, 0.25) is 0 Å². The number of nitriles is 1. The fourth-order valence-electron chi connectivity index (χ4n) is 3.47. The Kier molecular flexibility index (Phi) is 7.39. The van der Waals surface area contributed by atoms with Gasteiger partial charge in [0.25, 0.3) is 5.91 Å². The minimum Gasteiger partial charge on any atom is -0.490 e. The van der Waals surface area contributed by atoms with E-state index in [4.69, 9.17) is 21.1 Å². The van der Waals surface area contributed by atoms with Crippen molar-refractivity contribution in [3.63, 3.8) is 0 Å². The summed E-state index contributed by atoms with van der Waals surface area (Å²) < 4.78 is 12.3. The highest BCUT2D eigenvalue weighted by Crippen LogP contribution is 2.36. The van der Waals surface area contributed by atoms with Crippen LogP contribution in [0.25, 0.3) is 6.08 Å². The Balaban J connectivity index is 1.61. The summed E-state index contributed by atoms with van der Waals surface area (Å²) in [5.41, 5.74) is 2.42. The first-order chi connectivity index (χ1) is 16.9. The number of halogens is 2. The fraction of sp³-hybridized carbons (Fsp3) is 0.115. The van der Waals surface area contributed by atoms with E-state index in [1.807, 2.05) is 19.1 Å². The molecule has 3 amide bonds. The maximum absolute atomic E-state index is 13.0. The standard InChI is InChI=1S/C26H19BrClN3O4/c1-2-34-23-12-18(21(27)13-24(23)35-15-17-6-4-3-5-16(17)14-29)11-22-25(32)31(26(33)30-22)20-9-7-19(28)8-10-20/h3-13H,2,15H2,1H3,(H,30,33)/b22-11+. The highest BCUT2D eigenvalue weighted by Gasteiger charge is 2.35. The molecule has 4 rings (SSSR count). The molecule has 1 heterocycles. The van der Waals surface area contributed by atoms with E-state index < -0.39 is 11.9 Å². The quantitative estimate of drug-likeness (QED) is 0.285. The molecule has 176 valence electrons. The van der Waals surface area contributed by atoms with Gasteiger partial charge in [-0.3, -0.25) is 4.79 Å². The van der Waals surface area contributed by atoms with E-state index in [0.717, 1.165) is 10.5 Å². The summed E-state index contributed by atoms with van der Waals surface area (Å²) >= 11 is 9.43. The zero-order valence-corrected chi connectivity index (χ0v) is 20.9. The van der Waals surface area contributed by atoms with Crippen molar-refractivity contribution in [1.29, 1.82) is 5.26 Å². The summed E-state index contributed by atoms with van der Waals surface area (Å²) in [5.74, 6) is 0.442. The highest BCUT2D eigenvalue weighted by molar-refractivity contribution is 9.10. The van der Waals surface area contributed by atoms with Gasteiger partial charge in [0.05, 0.1) is 23.9 Å². The SMILES string of the molecule is CCOc1cc(/C=C2/NC(=O)N(c3ccc(Cl)cc3)C2=O)c(Br)cc1OCc1ccccc1C#N. The van der Waals surface area contributed by atoms with Crippen LogP contribution in [-0.2, 0) is 11.4 Å². The zero-order chi connectivity index (χ0) is 24.9. The molecule has 3 aromatic rings. The summed E-state index contributed by atoms with van der Waals surface area (Å²) in [6, 6.07) is 18.7. The normalized spacial score (nSPS) is 14.1. The lowest BCUT2D eigenvalue weighted by Crippen LogP contribution is -2.30. The molecule has 0 radical (unpaired) electrons. The topological polar surface area (TPSA) is 91.7 Å². The van der Waals surface area contributed by atoms with E-state index in [2.05, 4.69) is 27.3 Å². The molecule has 1 N–H and O–H groups in total. The average Bonchev–Trinajstić information content (AvgIpc) is 3.13. The maximum Gasteiger partial charge on any atom is 0.333 e. The minimum absolute atomic E-state index is 0.115. The molecule has 0 aliphatic carbocycles. The molecule has 0 spiro atoms. The van der Waals surface area contributed by atoms with Crippen LogP contribution in [0.3, 0.4) is 0 Å². The summed E-state index contributed by atoms with van der Waals surface area (Å²) in [4.78, 5) is 26.5. The first kappa shape index (κ1) is 24.3. The van der Waals surface area contributed by atoms with E-state index >= 15 is 0 Å². The number of carbonyl (C=O) groups is 2. The smallest absolute Gasteiger partial charge is 0.333 e. The van der Waals surface area contributed by atoms with Gasteiger partial charge in [-0.05, 0) is 61.0 Å². The van der Waals surface area contributed by atoms with Gasteiger partial charge < -0.3 is 14.8 Å². The Morgan fingerprint density at radius 1 is 1.09 bits per heavy atom. The molecule has 0 atom stereocenters. The number of urea groups is 1. The first-order valence-corrected chi connectivity index (χ1v) is 11.8. The zero-order valence-electron chi connectivity index (χ0n) is 18.5. The summed E-state index contributed by atoms with van der Waals surface area (Å²) in [5, 5.41) is 12.4. The predicted molar refractivity (Wildman–Crippen MR) is 136 cm³/mol. The van der Waals surface area contributed by atoms with Crippen LogP contribution in [0.5, 0.6) is 11.5 Å². The molecule has 0 aromatic heterocycles. The summed E-state index contributed by atoms with van der Waals surface area (Å²) in [6.45, 7) is 2.42. The number of imide groups is 1. The first-order valence-electron chi connectivity index (χ1n) is 10.6. The van der Waals surface area contributed by atoms with Gasteiger partial charge in [0.1, 0.15) is 12.3 Å². The Morgan fingerprint density at radius 2 is 1.80 bits per heavy atom. The third kappa shape index (κ3) is 5.32. The minimum atomic E-state index is -0.555. The Labute approximate surface area is 215 Å². The Morgan fingerprint density at radius 3 is 2.51 bits per heavy atom. The van der Waals surface area contributed by atoms with Crippen LogP contribution in [0.1, 0.15) is 23.6 Å². The second-order valence-electron chi connectivity index (χ2n) is 7.42. The lowest BCUT2D eigenvalue weighted by atomic mass is 10.1. The van der Waals surface area contributed by atoms with Crippen molar-refractivity contribution in [3.8, 4) is 17.6 Å². The lowest BCUT2D eigenvalue weighted by Gasteiger charge is -2.15. The second-order valence-corrected chi connectivity index (χ2v) is 8.71. The van der Waals surface area contributed by atoms with Gasteiger partial charge in [0.15, 0.2) is 11.5 Å². The molecule has 0 bridgehead atoms. The molecule has 0 saturated carbocycles. The predicted octanol–water partition coefficient (Wildman–Crippen LogP) is 6.05. The van der Waals surface area contributed by atoms with Crippen molar-refractivity contribution in [3.05, 3.63) is 92.5 Å². The van der Waals surface area contributed by atoms with Crippen LogP contribution in [0, 0.1) is 11.3 Å². The third-order valence-electron chi connectivity index (χ3n) is 5.15. The van der Waals surface area contributed by atoms with Gasteiger partial charge in [-0.2, -0.15) is 5.26 Å². The number of nitrogens with one attached hydrogen (secondary N) is 1. The summed E-state index contributed by atoms with van der Waals surface area (Å²) in [6.07, 6.45) is 1.57. The number of rotatable bonds is 7. The van der Waals surface area contributed by atoms with E-state index in [0.29, 0.717) is 44.4 Å². The van der Waals surface area contributed by atoms with E-state index in [1.54, 1.807) is 54.6 Å². The highest BCUT2D eigenvalue weighted by atomic mass is 79.9. The average molecular weight is 553 g/mol. The molecule has 7 nitrogen and oxygen atoms in total. The number of benzene rings is 3. The van der Waals surface area contributed by atoms with Crippen molar-refractivity contribution in [2.24, 2.45) is 0 Å². The Bertz CT molecular complexity index is 1370. The van der Waals surface area contributed by atoms with Crippen molar-refractivity contribution < 1.29 is 19.1 Å². The van der Waals surface area contributed by atoms with E-state index in [9.17, 15) is 14.9 Å². The van der Waals surface area contributed by atoms with Crippen molar-refractivity contribution in [1.82, 2.24) is 5.32 Å². The van der Waals surface area contributed by atoms with Crippen molar-refractivity contribution >= 4 is 51.2 Å². The Hall–Kier alpha value is -3.80. The number of nitrogens with zero attached hydrogens (tertiary/aromatic N) is 2. The van der Waals surface area contributed by atoms with Gasteiger partial charge in [0, 0.05) is 15.1 Å². The van der Waals surface area contributed by atoms with Crippen LogP contribution in [-0.4, -0.2) is 18.5 Å². The number of hydrogen-bond acceptors (Lipinski definition) is 5. The molecule has 1 aliphatic rings. The van der Waals surface area contributed by atoms with Crippen molar-refractivity contribution in [2.75, 3.05) is 11.5 Å². The van der Waals surface area contributed by atoms with Crippen LogP contribution >= 0.6 is 27.5 Å². The molecular formula is C26H19BrClN3O4. The third-order valence-corrected chi connectivity index (χ3v) is 6.09. The van der Waals surface area contributed by atoms with Crippen LogP contribution < -0.4 is 19.7 Å². The van der Waals surface area contributed by atoms with Crippen molar-refractivity contribution in [2.45, 2.75) is 13.5 Å². The van der Waals surface area contributed by atoms with E-state index in [-0.39, 0.29) is 12.3 Å². The largest absolute Gasteiger partial charge is 0.490 e. The molecule has 35 heavy (non-hydrogen) atoms. The number of hydrogen-bond donors (Lipinski definition) is 1. The maximum atomic E-state index is 13.0.